The van der Waals surface area contributed by atoms with Crippen LogP contribution in [0.5, 0.6) is 11.5 Å². The number of nitrogens with zero attached hydrogens (tertiary/aromatic N) is 3. The van der Waals surface area contributed by atoms with Crippen molar-refractivity contribution in [2.45, 2.75) is 37.9 Å². The first-order chi connectivity index (χ1) is 16.9. The quantitative estimate of drug-likeness (QED) is 0.335. The minimum absolute atomic E-state index is 0.130. The minimum atomic E-state index is -0.408. The lowest BCUT2D eigenvalue weighted by Gasteiger charge is -2.18. The largest absolute Gasteiger partial charge is 0.497 e. The zero-order valence-corrected chi connectivity index (χ0v) is 21.8. The normalized spacial score (nSPS) is 14.8. The molecule has 9 nitrogen and oxygen atoms in total. The first-order valence-electron chi connectivity index (χ1n) is 11.2. The van der Waals surface area contributed by atoms with Gasteiger partial charge in [0.25, 0.3) is 0 Å². The first-order valence-corrected chi connectivity index (χ1v) is 13.0. The van der Waals surface area contributed by atoms with Crippen molar-refractivity contribution in [2.24, 2.45) is 13.0 Å². The summed E-state index contributed by atoms with van der Waals surface area (Å²) in [6, 6.07) is 7.28. The van der Waals surface area contributed by atoms with Crippen molar-refractivity contribution in [3.05, 3.63) is 46.1 Å². The van der Waals surface area contributed by atoms with Crippen LogP contribution in [0.4, 0.5) is 5.00 Å². The highest BCUT2D eigenvalue weighted by molar-refractivity contribution is 7.99. The van der Waals surface area contributed by atoms with Crippen LogP contribution in [-0.2, 0) is 36.0 Å². The fraction of sp³-hybridized carbons (Fsp3) is 0.417. The fourth-order valence-corrected chi connectivity index (χ4v) is 6.01. The Labute approximate surface area is 212 Å². The number of anilines is 1. The van der Waals surface area contributed by atoms with Crippen LogP contribution in [0.2, 0.25) is 0 Å². The van der Waals surface area contributed by atoms with Gasteiger partial charge in [-0.2, -0.15) is 0 Å². The minimum Gasteiger partial charge on any atom is -0.497 e. The molecule has 0 spiro atoms. The Balaban J connectivity index is 1.36. The van der Waals surface area contributed by atoms with Crippen LogP contribution >= 0.6 is 23.1 Å². The molecule has 0 radical (unpaired) electrons. The van der Waals surface area contributed by atoms with Crippen molar-refractivity contribution in [1.29, 1.82) is 0 Å². The molecule has 1 atom stereocenters. The van der Waals surface area contributed by atoms with Crippen LogP contribution in [0.25, 0.3) is 0 Å². The number of thiophene rings is 1. The molecule has 1 aliphatic carbocycles. The maximum absolute atomic E-state index is 12.7. The number of esters is 1. The molecule has 1 amide bonds. The molecule has 4 rings (SSSR count). The van der Waals surface area contributed by atoms with Crippen molar-refractivity contribution in [1.82, 2.24) is 14.8 Å². The van der Waals surface area contributed by atoms with Gasteiger partial charge < -0.3 is 24.1 Å². The second-order valence-electron chi connectivity index (χ2n) is 8.31. The van der Waals surface area contributed by atoms with Gasteiger partial charge in [0.15, 0.2) is 11.0 Å². The summed E-state index contributed by atoms with van der Waals surface area (Å²) < 4.78 is 17.7. The topological polar surface area (TPSA) is 105 Å². The van der Waals surface area contributed by atoms with Crippen molar-refractivity contribution in [3.8, 4) is 11.5 Å². The van der Waals surface area contributed by atoms with Crippen molar-refractivity contribution in [3.63, 3.8) is 0 Å². The summed E-state index contributed by atoms with van der Waals surface area (Å²) in [4.78, 5) is 26.3. The highest BCUT2D eigenvalue weighted by atomic mass is 32.2. The van der Waals surface area contributed by atoms with Gasteiger partial charge in [-0.15, -0.1) is 21.5 Å². The molecule has 3 aromatic rings. The van der Waals surface area contributed by atoms with Crippen molar-refractivity contribution in [2.75, 3.05) is 25.3 Å². The molecule has 35 heavy (non-hydrogen) atoms. The number of aromatic nitrogens is 3. The lowest BCUT2D eigenvalue weighted by molar-refractivity contribution is -0.113. The lowest BCUT2D eigenvalue weighted by Crippen LogP contribution is -2.17. The number of carbonyl (C=O) groups excluding carboxylic acids is 2. The number of thioether (sulfide) groups is 1. The third kappa shape index (κ3) is 5.79. The summed E-state index contributed by atoms with van der Waals surface area (Å²) in [5, 5.41) is 12.4. The van der Waals surface area contributed by atoms with E-state index in [1.807, 2.05) is 31.3 Å². The van der Waals surface area contributed by atoms with E-state index in [0.29, 0.717) is 33.2 Å². The van der Waals surface area contributed by atoms with Gasteiger partial charge in [0.2, 0.25) is 5.91 Å². The number of nitrogens with one attached hydrogen (secondary N) is 1. The number of amides is 1. The molecule has 2 heterocycles. The number of ether oxygens (including phenoxy) is 3. The molecule has 0 aliphatic heterocycles. The van der Waals surface area contributed by atoms with Gasteiger partial charge in [0, 0.05) is 11.9 Å². The highest BCUT2D eigenvalue weighted by Crippen LogP contribution is 2.40. The predicted octanol–water partition coefficient (Wildman–Crippen LogP) is 4.11. The van der Waals surface area contributed by atoms with E-state index in [0.717, 1.165) is 35.5 Å². The molecule has 0 saturated heterocycles. The van der Waals surface area contributed by atoms with Crippen LogP contribution in [0.15, 0.2) is 29.4 Å². The maximum Gasteiger partial charge on any atom is 0.341 e. The zero-order chi connectivity index (χ0) is 24.9. The first kappa shape index (κ1) is 25.1. The van der Waals surface area contributed by atoms with Crippen LogP contribution in [-0.4, -0.2) is 46.6 Å². The molecule has 1 N–H and O–H groups in total. The summed E-state index contributed by atoms with van der Waals surface area (Å²) in [6.45, 7) is 2.44. The van der Waals surface area contributed by atoms with E-state index >= 15 is 0 Å². The molecule has 1 aliphatic rings. The van der Waals surface area contributed by atoms with Crippen LogP contribution in [0, 0.1) is 5.92 Å². The van der Waals surface area contributed by atoms with Gasteiger partial charge in [-0.05, 0) is 55.0 Å². The Hall–Kier alpha value is -3.05. The number of benzene rings is 1. The van der Waals surface area contributed by atoms with Gasteiger partial charge in [-0.1, -0.05) is 18.7 Å². The van der Waals surface area contributed by atoms with Gasteiger partial charge in [0.05, 0.1) is 25.5 Å². The number of rotatable bonds is 9. The molecular weight excluding hydrogens is 488 g/mol. The third-order valence-electron chi connectivity index (χ3n) is 5.84. The van der Waals surface area contributed by atoms with Crippen molar-refractivity contribution < 1.29 is 23.8 Å². The Morgan fingerprint density at radius 2 is 1.94 bits per heavy atom. The average Bonchev–Trinajstić information content (AvgIpc) is 3.39. The summed E-state index contributed by atoms with van der Waals surface area (Å²) in [6.07, 6.45) is 2.75. The van der Waals surface area contributed by atoms with E-state index < -0.39 is 5.97 Å². The van der Waals surface area contributed by atoms with Gasteiger partial charge in [-0.25, -0.2) is 4.79 Å². The molecule has 186 valence electrons. The molecule has 11 heteroatoms. The van der Waals surface area contributed by atoms with E-state index in [-0.39, 0.29) is 18.3 Å². The van der Waals surface area contributed by atoms with Gasteiger partial charge >= 0.3 is 5.97 Å². The number of methoxy groups -OCH3 is 2. The molecule has 0 bridgehead atoms. The monoisotopic (exact) mass is 516 g/mol. The molecule has 1 aromatic carbocycles. The van der Waals surface area contributed by atoms with E-state index in [9.17, 15) is 9.59 Å². The smallest absolute Gasteiger partial charge is 0.341 e. The molecular formula is C24H28N4O5S2. The fourth-order valence-electron chi connectivity index (χ4n) is 3.87. The Kier molecular flexibility index (Phi) is 7.97. The Morgan fingerprint density at radius 1 is 1.20 bits per heavy atom. The SMILES string of the molecule is COC(=O)c1c(NC(=O)CSc2nnc(COc3ccc(OC)cc3)n2C)sc2c1CCC(C)C2. The van der Waals surface area contributed by atoms with Crippen LogP contribution in [0.3, 0.4) is 0 Å². The number of carbonyl (C=O) groups is 2. The van der Waals surface area contributed by atoms with Crippen LogP contribution in [0.1, 0.15) is 40.0 Å². The number of fused-ring (bicyclic) bond motifs is 1. The lowest BCUT2D eigenvalue weighted by atomic mass is 9.88. The van der Waals surface area contributed by atoms with Gasteiger partial charge in [0.1, 0.15) is 23.1 Å². The standard InChI is InChI=1S/C24H28N4O5S2/c1-14-5-10-17-18(11-14)35-22(21(17)23(30)32-4)25-20(29)13-34-24-27-26-19(28(24)2)12-33-16-8-6-15(31-3)7-9-16/h6-9,14H,5,10-13H2,1-4H3,(H,25,29). The van der Waals surface area contributed by atoms with E-state index in [1.54, 1.807) is 11.7 Å². The highest BCUT2D eigenvalue weighted by Gasteiger charge is 2.29. The Bertz CT molecular complexity index is 1210. The third-order valence-corrected chi connectivity index (χ3v) is 8.03. The second kappa shape index (κ2) is 11.1. The Morgan fingerprint density at radius 3 is 2.66 bits per heavy atom. The second-order valence-corrected chi connectivity index (χ2v) is 10.4. The molecule has 1 unspecified atom stereocenters. The maximum atomic E-state index is 12.7. The van der Waals surface area contributed by atoms with Gasteiger partial charge in [-0.3, -0.25) is 4.79 Å². The van der Waals surface area contributed by atoms with Crippen molar-refractivity contribution >= 4 is 40.0 Å². The predicted molar refractivity (Wildman–Crippen MR) is 135 cm³/mol. The van der Waals surface area contributed by atoms with E-state index in [1.165, 1.54) is 30.2 Å². The summed E-state index contributed by atoms with van der Waals surface area (Å²) in [5.74, 6) is 2.15. The summed E-state index contributed by atoms with van der Waals surface area (Å²) in [7, 11) is 4.81. The zero-order valence-electron chi connectivity index (χ0n) is 20.1. The summed E-state index contributed by atoms with van der Waals surface area (Å²) in [5.41, 5.74) is 1.51. The number of hydrogen-bond donors (Lipinski definition) is 1. The van der Waals surface area contributed by atoms with E-state index in [2.05, 4.69) is 22.4 Å². The molecule has 2 aromatic heterocycles. The summed E-state index contributed by atoms with van der Waals surface area (Å²) >= 11 is 2.74. The number of hydrogen-bond acceptors (Lipinski definition) is 9. The molecule has 0 fully saturated rings. The van der Waals surface area contributed by atoms with E-state index in [4.69, 9.17) is 14.2 Å². The van der Waals surface area contributed by atoms with Crippen LogP contribution < -0.4 is 14.8 Å². The molecule has 0 saturated carbocycles. The average molecular weight is 517 g/mol.